The maximum atomic E-state index is 12.3. The highest BCUT2D eigenvalue weighted by Crippen LogP contribution is 2.29. The molecule has 1 aromatic carbocycles. The standard InChI is InChI=1S/C19H21NO4S/c1-23-15-5-2-4-14-12-16(24-18(14)15)19(22)20-9-7-13(8-10-21)17-6-3-11-25-17/h2-6,11-13,21H,7-10H2,1H3,(H,20,22)/t13-/m0/s1. The number of carbonyl (C=O) groups is 1. The number of para-hydroxylation sites is 1. The number of methoxy groups -OCH3 is 1. The molecule has 0 bridgehead atoms. The third kappa shape index (κ3) is 4.03. The molecule has 0 unspecified atom stereocenters. The Hall–Kier alpha value is -2.31. The minimum Gasteiger partial charge on any atom is -0.493 e. The van der Waals surface area contributed by atoms with Gasteiger partial charge < -0.3 is 19.6 Å². The van der Waals surface area contributed by atoms with Crippen LogP contribution in [0, 0.1) is 0 Å². The average molecular weight is 359 g/mol. The number of aliphatic hydroxyl groups excluding tert-OH is 1. The lowest BCUT2D eigenvalue weighted by atomic mass is 10.00. The molecule has 0 spiro atoms. The molecule has 0 aliphatic heterocycles. The maximum absolute atomic E-state index is 12.3. The third-order valence-electron chi connectivity index (χ3n) is 4.15. The summed E-state index contributed by atoms with van der Waals surface area (Å²) in [7, 11) is 1.57. The molecule has 2 aromatic heterocycles. The van der Waals surface area contributed by atoms with E-state index < -0.39 is 0 Å². The summed E-state index contributed by atoms with van der Waals surface area (Å²) in [6.45, 7) is 0.662. The molecule has 5 nitrogen and oxygen atoms in total. The van der Waals surface area contributed by atoms with Crippen LogP contribution in [0.4, 0.5) is 0 Å². The number of hydrogen-bond donors (Lipinski definition) is 2. The van der Waals surface area contributed by atoms with E-state index in [0.29, 0.717) is 24.3 Å². The van der Waals surface area contributed by atoms with Crippen molar-refractivity contribution < 1.29 is 19.1 Å². The van der Waals surface area contributed by atoms with Gasteiger partial charge in [0.15, 0.2) is 17.1 Å². The molecule has 6 heteroatoms. The molecule has 3 aromatic rings. The van der Waals surface area contributed by atoms with Crippen LogP contribution in [0.15, 0.2) is 46.2 Å². The number of fused-ring (bicyclic) bond motifs is 1. The van der Waals surface area contributed by atoms with Crippen molar-refractivity contribution in [3.05, 3.63) is 52.4 Å². The fraction of sp³-hybridized carbons (Fsp3) is 0.316. The molecule has 0 saturated carbocycles. The Morgan fingerprint density at radius 1 is 1.32 bits per heavy atom. The van der Waals surface area contributed by atoms with Gasteiger partial charge in [-0.05, 0) is 42.3 Å². The van der Waals surface area contributed by atoms with Crippen LogP contribution in [0.2, 0.25) is 0 Å². The first-order valence-electron chi connectivity index (χ1n) is 8.22. The fourth-order valence-electron chi connectivity index (χ4n) is 2.86. The number of thiophene rings is 1. The first kappa shape index (κ1) is 17.5. The van der Waals surface area contributed by atoms with E-state index in [1.54, 1.807) is 30.6 Å². The molecule has 0 radical (unpaired) electrons. The topological polar surface area (TPSA) is 71.7 Å². The summed E-state index contributed by atoms with van der Waals surface area (Å²) in [5, 5.41) is 15.0. The van der Waals surface area contributed by atoms with Gasteiger partial charge in [-0.2, -0.15) is 0 Å². The van der Waals surface area contributed by atoms with E-state index in [1.807, 2.05) is 23.6 Å². The third-order valence-corrected chi connectivity index (χ3v) is 5.19. The number of rotatable bonds is 8. The van der Waals surface area contributed by atoms with E-state index in [4.69, 9.17) is 9.15 Å². The van der Waals surface area contributed by atoms with Crippen molar-refractivity contribution in [2.45, 2.75) is 18.8 Å². The molecule has 2 heterocycles. The number of carbonyl (C=O) groups excluding carboxylic acids is 1. The number of ether oxygens (including phenoxy) is 1. The first-order chi connectivity index (χ1) is 12.2. The van der Waals surface area contributed by atoms with Crippen LogP contribution in [-0.2, 0) is 0 Å². The lowest BCUT2D eigenvalue weighted by Crippen LogP contribution is -2.25. The van der Waals surface area contributed by atoms with Gasteiger partial charge in [0.1, 0.15) is 0 Å². The summed E-state index contributed by atoms with van der Waals surface area (Å²) in [6.07, 6.45) is 1.47. The van der Waals surface area contributed by atoms with Crippen molar-refractivity contribution in [3.63, 3.8) is 0 Å². The molecule has 1 amide bonds. The number of furan rings is 1. The van der Waals surface area contributed by atoms with Gasteiger partial charge in [0, 0.05) is 23.4 Å². The van der Waals surface area contributed by atoms with E-state index in [-0.39, 0.29) is 24.2 Å². The van der Waals surface area contributed by atoms with Crippen LogP contribution < -0.4 is 10.1 Å². The second kappa shape index (κ2) is 8.18. The molecule has 2 N–H and O–H groups in total. The summed E-state index contributed by atoms with van der Waals surface area (Å²) in [4.78, 5) is 13.6. The van der Waals surface area contributed by atoms with Gasteiger partial charge in [-0.15, -0.1) is 11.3 Å². The predicted octanol–water partition coefficient (Wildman–Crippen LogP) is 3.79. The highest BCUT2D eigenvalue weighted by Gasteiger charge is 2.16. The Balaban J connectivity index is 1.62. The minimum atomic E-state index is -0.243. The van der Waals surface area contributed by atoms with Gasteiger partial charge >= 0.3 is 0 Å². The normalized spacial score (nSPS) is 12.2. The smallest absolute Gasteiger partial charge is 0.287 e. The summed E-state index contributed by atoms with van der Waals surface area (Å²) in [5.74, 6) is 0.889. The number of benzene rings is 1. The van der Waals surface area contributed by atoms with E-state index in [2.05, 4.69) is 11.4 Å². The van der Waals surface area contributed by atoms with E-state index in [1.165, 1.54) is 4.88 Å². The quantitative estimate of drug-likeness (QED) is 0.642. The number of aliphatic hydroxyl groups is 1. The Morgan fingerprint density at radius 3 is 2.92 bits per heavy atom. The molecule has 1 atom stereocenters. The maximum Gasteiger partial charge on any atom is 0.287 e. The Kier molecular flexibility index (Phi) is 5.73. The van der Waals surface area contributed by atoms with Gasteiger partial charge in [0.05, 0.1) is 7.11 Å². The summed E-state index contributed by atoms with van der Waals surface area (Å²) >= 11 is 1.68. The average Bonchev–Trinajstić information content (AvgIpc) is 3.29. The zero-order valence-corrected chi connectivity index (χ0v) is 14.8. The molecule has 0 aliphatic rings. The van der Waals surface area contributed by atoms with Crippen molar-refractivity contribution in [1.29, 1.82) is 0 Å². The second-order valence-corrected chi connectivity index (χ2v) is 6.74. The molecule has 132 valence electrons. The Labute approximate surface area is 150 Å². The highest BCUT2D eigenvalue weighted by atomic mass is 32.1. The van der Waals surface area contributed by atoms with Crippen LogP contribution in [0.5, 0.6) is 5.75 Å². The van der Waals surface area contributed by atoms with Crippen molar-refractivity contribution in [1.82, 2.24) is 5.32 Å². The van der Waals surface area contributed by atoms with Crippen molar-refractivity contribution in [2.75, 3.05) is 20.3 Å². The van der Waals surface area contributed by atoms with Crippen LogP contribution >= 0.6 is 11.3 Å². The summed E-state index contributed by atoms with van der Waals surface area (Å²) in [5.41, 5.74) is 0.576. The van der Waals surface area contributed by atoms with E-state index in [0.717, 1.165) is 11.8 Å². The van der Waals surface area contributed by atoms with Gasteiger partial charge in [0.2, 0.25) is 0 Å². The van der Waals surface area contributed by atoms with Gasteiger partial charge in [-0.25, -0.2) is 0 Å². The van der Waals surface area contributed by atoms with Crippen molar-refractivity contribution in [2.24, 2.45) is 0 Å². The van der Waals surface area contributed by atoms with Crippen LogP contribution in [0.3, 0.4) is 0 Å². The monoisotopic (exact) mass is 359 g/mol. The molecular weight excluding hydrogens is 338 g/mol. The van der Waals surface area contributed by atoms with E-state index >= 15 is 0 Å². The highest BCUT2D eigenvalue weighted by molar-refractivity contribution is 7.10. The molecule has 3 rings (SSSR count). The van der Waals surface area contributed by atoms with Crippen LogP contribution in [0.25, 0.3) is 11.0 Å². The first-order valence-corrected chi connectivity index (χ1v) is 9.10. The minimum absolute atomic E-state index is 0.139. The molecule has 0 fully saturated rings. The molecular formula is C19H21NO4S. The number of amides is 1. The zero-order valence-electron chi connectivity index (χ0n) is 14.0. The van der Waals surface area contributed by atoms with Crippen LogP contribution in [0.1, 0.15) is 34.2 Å². The predicted molar refractivity (Wildman–Crippen MR) is 98.5 cm³/mol. The lowest BCUT2D eigenvalue weighted by Gasteiger charge is -2.14. The fourth-order valence-corrected chi connectivity index (χ4v) is 3.76. The second-order valence-electron chi connectivity index (χ2n) is 5.76. The summed E-state index contributed by atoms with van der Waals surface area (Å²) < 4.78 is 10.9. The Morgan fingerprint density at radius 2 is 2.20 bits per heavy atom. The van der Waals surface area contributed by atoms with Crippen molar-refractivity contribution in [3.8, 4) is 5.75 Å². The Bertz CT molecular complexity index is 825. The van der Waals surface area contributed by atoms with Crippen LogP contribution in [-0.4, -0.2) is 31.3 Å². The van der Waals surface area contributed by atoms with Crippen molar-refractivity contribution >= 4 is 28.2 Å². The summed E-state index contributed by atoms with van der Waals surface area (Å²) in [6, 6.07) is 11.3. The zero-order chi connectivity index (χ0) is 17.6. The van der Waals surface area contributed by atoms with E-state index in [9.17, 15) is 9.90 Å². The molecule has 0 saturated heterocycles. The number of hydrogen-bond acceptors (Lipinski definition) is 5. The van der Waals surface area contributed by atoms with Gasteiger partial charge in [0.25, 0.3) is 5.91 Å². The SMILES string of the molecule is COc1cccc2cc(C(=O)NCC[C@@H](CCO)c3cccs3)oc12. The molecule has 0 aliphatic carbocycles. The van der Waals surface area contributed by atoms with Gasteiger partial charge in [-0.1, -0.05) is 18.2 Å². The number of nitrogens with one attached hydrogen (secondary N) is 1. The molecule has 25 heavy (non-hydrogen) atoms. The lowest BCUT2D eigenvalue weighted by molar-refractivity contribution is 0.0926. The largest absolute Gasteiger partial charge is 0.493 e. The van der Waals surface area contributed by atoms with Gasteiger partial charge in [-0.3, -0.25) is 4.79 Å².